The van der Waals surface area contributed by atoms with Crippen molar-refractivity contribution in [2.45, 2.75) is 39.8 Å². The van der Waals surface area contributed by atoms with E-state index < -0.39 is 18.0 Å². The average molecular weight is 663 g/mol. The molecule has 1 aliphatic rings. The molecule has 48 heavy (non-hydrogen) atoms. The minimum Gasteiger partial charge on any atom is -0.491 e. The highest BCUT2D eigenvalue weighted by atomic mass is 32.1. The molecular formula is C37H34N4O6S. The molecule has 0 spiro atoms. The Kier molecular flexibility index (Phi) is 8.97. The van der Waals surface area contributed by atoms with Crippen molar-refractivity contribution in [2.75, 3.05) is 14.2 Å². The first-order valence-corrected chi connectivity index (χ1v) is 16.1. The van der Waals surface area contributed by atoms with Crippen molar-refractivity contribution in [1.82, 2.24) is 14.3 Å². The van der Waals surface area contributed by atoms with Gasteiger partial charge in [-0.2, -0.15) is 5.10 Å². The van der Waals surface area contributed by atoms with Crippen LogP contribution in [0.2, 0.25) is 0 Å². The molecule has 10 nitrogen and oxygen atoms in total. The number of allylic oxidation sites excluding steroid dienone is 1. The number of para-hydroxylation sites is 1. The standard InChI is InChI=1S/C37H34N4O6S/c1-21(2)47-29-17-16-26(18-22(29)3)32-27(20-40(39-32)28-10-8-7-9-11-28)19-30-34(42)41-33(24-12-14-25(15-13-24)35(43)45-5)31(36(44)46-6)23(4)38-37(41)48-30/h7-21,33H,1-6H3. The quantitative estimate of drug-likeness (QED) is 0.212. The molecule has 0 N–H and O–H groups in total. The van der Waals surface area contributed by atoms with Crippen LogP contribution < -0.4 is 19.6 Å². The van der Waals surface area contributed by atoms with Gasteiger partial charge < -0.3 is 14.2 Å². The molecule has 0 saturated heterocycles. The number of hydrogen-bond acceptors (Lipinski definition) is 9. The van der Waals surface area contributed by atoms with E-state index in [0.29, 0.717) is 31.9 Å². The number of ether oxygens (including phenoxy) is 3. The SMILES string of the molecule is COC(=O)C1=C(C)N=c2sc(=Cc3cn(-c4ccccc4)nc3-c3ccc(OC(C)C)c(C)c3)c(=O)n2C1c1ccc(C(=O)OC)cc1. The summed E-state index contributed by atoms with van der Waals surface area (Å²) < 4.78 is 19.6. The lowest BCUT2D eigenvalue weighted by molar-refractivity contribution is -0.136. The van der Waals surface area contributed by atoms with E-state index in [-0.39, 0.29) is 17.2 Å². The second-order valence-corrected chi connectivity index (χ2v) is 12.6. The average Bonchev–Trinajstić information content (AvgIpc) is 3.65. The van der Waals surface area contributed by atoms with Crippen molar-refractivity contribution in [1.29, 1.82) is 0 Å². The van der Waals surface area contributed by atoms with Gasteiger partial charge in [-0.15, -0.1) is 0 Å². The zero-order chi connectivity index (χ0) is 34.1. The van der Waals surface area contributed by atoms with E-state index in [1.807, 2.05) is 81.6 Å². The number of rotatable bonds is 8. The Morgan fingerprint density at radius 2 is 1.65 bits per heavy atom. The molecule has 3 aromatic carbocycles. The molecule has 0 saturated carbocycles. The van der Waals surface area contributed by atoms with Crippen molar-refractivity contribution in [3.8, 4) is 22.7 Å². The number of fused-ring (bicyclic) bond motifs is 1. The van der Waals surface area contributed by atoms with Crippen molar-refractivity contribution >= 4 is 29.4 Å². The van der Waals surface area contributed by atoms with Gasteiger partial charge in [-0.1, -0.05) is 41.7 Å². The summed E-state index contributed by atoms with van der Waals surface area (Å²) in [5, 5.41) is 4.95. The first-order chi connectivity index (χ1) is 23.1. The fraction of sp³-hybridized carbons (Fsp3) is 0.216. The molecule has 11 heteroatoms. The van der Waals surface area contributed by atoms with Crippen LogP contribution in [0.15, 0.2) is 100 Å². The van der Waals surface area contributed by atoms with Gasteiger partial charge >= 0.3 is 11.9 Å². The van der Waals surface area contributed by atoms with Crippen molar-refractivity contribution < 1.29 is 23.8 Å². The number of benzene rings is 3. The molecule has 3 heterocycles. The Morgan fingerprint density at radius 3 is 2.29 bits per heavy atom. The summed E-state index contributed by atoms with van der Waals surface area (Å²) in [6.45, 7) is 7.68. The summed E-state index contributed by atoms with van der Waals surface area (Å²) in [4.78, 5) is 44.6. The Morgan fingerprint density at radius 1 is 0.938 bits per heavy atom. The third-order valence-electron chi connectivity index (χ3n) is 7.94. The Bertz CT molecular complexity index is 2250. The molecule has 1 aliphatic heterocycles. The van der Waals surface area contributed by atoms with Gasteiger partial charge in [0.2, 0.25) is 0 Å². The van der Waals surface area contributed by atoms with Crippen LogP contribution >= 0.6 is 11.3 Å². The molecular weight excluding hydrogens is 628 g/mol. The lowest BCUT2D eigenvalue weighted by Crippen LogP contribution is -2.39. The largest absolute Gasteiger partial charge is 0.491 e. The third kappa shape index (κ3) is 6.12. The summed E-state index contributed by atoms with van der Waals surface area (Å²) in [7, 11) is 2.60. The number of nitrogens with zero attached hydrogens (tertiary/aromatic N) is 4. The van der Waals surface area contributed by atoms with Crippen molar-refractivity contribution in [3.63, 3.8) is 0 Å². The van der Waals surface area contributed by atoms with Crippen LogP contribution in [0.25, 0.3) is 23.0 Å². The summed E-state index contributed by atoms with van der Waals surface area (Å²) in [5.74, 6) is -0.295. The molecule has 0 fully saturated rings. The zero-order valence-corrected chi connectivity index (χ0v) is 28.2. The monoisotopic (exact) mass is 662 g/mol. The molecule has 0 amide bonds. The molecule has 0 radical (unpaired) electrons. The number of carbonyl (C=O) groups is 2. The van der Waals surface area contributed by atoms with Crippen LogP contribution in [0.5, 0.6) is 5.75 Å². The predicted molar refractivity (Wildman–Crippen MR) is 183 cm³/mol. The minimum absolute atomic E-state index is 0.0337. The van der Waals surface area contributed by atoms with Crippen molar-refractivity contribution in [3.05, 3.63) is 132 Å². The van der Waals surface area contributed by atoms with Gasteiger partial charge in [0.1, 0.15) is 11.4 Å². The fourth-order valence-electron chi connectivity index (χ4n) is 5.68. The fourth-order valence-corrected chi connectivity index (χ4v) is 6.72. The van der Waals surface area contributed by atoms with E-state index in [0.717, 1.165) is 28.1 Å². The maximum atomic E-state index is 14.3. The van der Waals surface area contributed by atoms with Gasteiger partial charge in [0.05, 0.1) is 53.4 Å². The van der Waals surface area contributed by atoms with Crippen LogP contribution in [-0.2, 0) is 14.3 Å². The van der Waals surface area contributed by atoms with E-state index in [4.69, 9.17) is 19.3 Å². The van der Waals surface area contributed by atoms with Gasteiger partial charge in [0.25, 0.3) is 5.56 Å². The minimum atomic E-state index is -0.829. The number of hydrogen-bond donors (Lipinski definition) is 0. The normalized spacial score (nSPS) is 14.5. The van der Waals surface area contributed by atoms with Gasteiger partial charge in [0.15, 0.2) is 4.80 Å². The van der Waals surface area contributed by atoms with Crippen LogP contribution in [0.1, 0.15) is 53.9 Å². The second kappa shape index (κ2) is 13.3. The van der Waals surface area contributed by atoms with E-state index in [2.05, 4.69) is 4.99 Å². The topological polar surface area (TPSA) is 114 Å². The Balaban J connectivity index is 1.53. The lowest BCUT2D eigenvalue weighted by atomic mass is 9.95. The van der Waals surface area contributed by atoms with Gasteiger partial charge in [0, 0.05) is 17.3 Å². The van der Waals surface area contributed by atoms with Gasteiger partial charge in [-0.05, 0) is 87.4 Å². The number of methoxy groups -OCH3 is 2. The van der Waals surface area contributed by atoms with Crippen LogP contribution in [0, 0.1) is 6.92 Å². The molecule has 1 atom stereocenters. The maximum Gasteiger partial charge on any atom is 0.338 e. The molecule has 0 bridgehead atoms. The molecule has 0 aliphatic carbocycles. The highest BCUT2D eigenvalue weighted by Gasteiger charge is 2.33. The molecule has 244 valence electrons. The number of aryl methyl sites for hydroxylation is 1. The molecule has 5 aromatic rings. The van der Waals surface area contributed by atoms with E-state index in [9.17, 15) is 14.4 Å². The van der Waals surface area contributed by atoms with Crippen LogP contribution in [0.4, 0.5) is 0 Å². The smallest absolute Gasteiger partial charge is 0.338 e. The number of esters is 2. The number of carbonyl (C=O) groups excluding carboxylic acids is 2. The van der Waals surface area contributed by atoms with Gasteiger partial charge in [-0.25, -0.2) is 19.3 Å². The van der Waals surface area contributed by atoms with E-state index >= 15 is 0 Å². The zero-order valence-electron chi connectivity index (χ0n) is 27.4. The Hall–Kier alpha value is -5.55. The summed E-state index contributed by atoms with van der Waals surface area (Å²) in [6, 6.07) is 21.4. The van der Waals surface area contributed by atoms with Gasteiger partial charge in [-0.3, -0.25) is 9.36 Å². The first kappa shape index (κ1) is 32.4. The Labute approximate surface area is 280 Å². The van der Waals surface area contributed by atoms with Crippen LogP contribution in [0.3, 0.4) is 0 Å². The predicted octanol–water partition coefficient (Wildman–Crippen LogP) is 5.14. The third-order valence-corrected chi connectivity index (χ3v) is 8.92. The van der Waals surface area contributed by atoms with Crippen molar-refractivity contribution in [2.24, 2.45) is 4.99 Å². The molecule has 2 aromatic heterocycles. The highest BCUT2D eigenvalue weighted by molar-refractivity contribution is 7.07. The summed E-state index contributed by atoms with van der Waals surface area (Å²) in [6.07, 6.45) is 3.74. The van der Waals surface area contributed by atoms with E-state index in [1.54, 1.807) is 35.9 Å². The van der Waals surface area contributed by atoms with Crippen LogP contribution in [-0.4, -0.2) is 46.6 Å². The highest BCUT2D eigenvalue weighted by Crippen LogP contribution is 2.32. The molecule has 1 unspecified atom stereocenters. The number of thiazole rings is 1. The lowest BCUT2D eigenvalue weighted by Gasteiger charge is -2.24. The van der Waals surface area contributed by atoms with E-state index in [1.165, 1.54) is 30.1 Å². The second-order valence-electron chi connectivity index (χ2n) is 11.5. The summed E-state index contributed by atoms with van der Waals surface area (Å²) >= 11 is 1.22. The first-order valence-electron chi connectivity index (χ1n) is 15.3. The summed E-state index contributed by atoms with van der Waals surface area (Å²) in [5.41, 5.74) is 5.41. The number of aromatic nitrogens is 3. The maximum absolute atomic E-state index is 14.3. The molecule has 6 rings (SSSR count).